The Bertz CT molecular complexity index is 855. The monoisotopic (exact) mass is 370 g/mol. The van der Waals surface area contributed by atoms with E-state index in [1.54, 1.807) is 13.0 Å². The number of aromatic nitrogens is 1. The van der Waals surface area contributed by atoms with Crippen molar-refractivity contribution in [2.24, 2.45) is 5.92 Å². The van der Waals surface area contributed by atoms with E-state index in [1.165, 1.54) is 12.3 Å². The molecule has 2 aromatic rings. The minimum atomic E-state index is -0.920. The largest absolute Gasteiger partial charge is 0.357 e. The SMILES string of the molecule is C[C@@H](NC(=O)C1CCN(c2ccc(C#N)cn2)CC1)c1ccc(F)c(F)c1. The smallest absolute Gasteiger partial charge is 0.223 e. The molecule has 3 rings (SSSR count). The molecule has 1 saturated heterocycles. The van der Waals surface area contributed by atoms with Gasteiger partial charge in [-0.05, 0) is 49.6 Å². The molecule has 0 unspecified atom stereocenters. The molecule has 1 atom stereocenters. The molecular weight excluding hydrogens is 350 g/mol. The van der Waals surface area contributed by atoms with Crippen LogP contribution in [0.5, 0.6) is 0 Å². The Morgan fingerprint density at radius 2 is 2.00 bits per heavy atom. The highest BCUT2D eigenvalue weighted by Crippen LogP contribution is 2.23. The molecule has 140 valence electrons. The third-order valence-corrected chi connectivity index (χ3v) is 4.87. The van der Waals surface area contributed by atoms with Crippen molar-refractivity contribution in [2.45, 2.75) is 25.8 Å². The van der Waals surface area contributed by atoms with Gasteiger partial charge >= 0.3 is 0 Å². The van der Waals surface area contributed by atoms with E-state index in [1.807, 2.05) is 12.1 Å². The van der Waals surface area contributed by atoms with Gasteiger partial charge in [-0.15, -0.1) is 0 Å². The predicted octanol–water partition coefficient (Wildman–Crippen LogP) is 3.33. The number of carbonyl (C=O) groups is 1. The Morgan fingerprint density at radius 1 is 1.26 bits per heavy atom. The minimum absolute atomic E-state index is 0.0836. The molecule has 0 spiro atoms. The summed E-state index contributed by atoms with van der Waals surface area (Å²) in [5.74, 6) is -1.24. The molecule has 27 heavy (non-hydrogen) atoms. The highest BCUT2D eigenvalue weighted by molar-refractivity contribution is 5.79. The first-order valence-corrected chi connectivity index (χ1v) is 8.84. The quantitative estimate of drug-likeness (QED) is 0.896. The van der Waals surface area contributed by atoms with Gasteiger partial charge in [0, 0.05) is 25.2 Å². The van der Waals surface area contributed by atoms with Crippen molar-refractivity contribution in [1.29, 1.82) is 5.26 Å². The first-order chi connectivity index (χ1) is 13.0. The van der Waals surface area contributed by atoms with Crippen molar-refractivity contribution in [2.75, 3.05) is 18.0 Å². The molecule has 0 bridgehead atoms. The lowest BCUT2D eigenvalue weighted by molar-refractivity contribution is -0.126. The van der Waals surface area contributed by atoms with Crippen molar-refractivity contribution in [3.05, 3.63) is 59.3 Å². The van der Waals surface area contributed by atoms with Crippen LogP contribution in [0.1, 0.15) is 36.9 Å². The minimum Gasteiger partial charge on any atom is -0.357 e. The number of benzene rings is 1. The van der Waals surface area contributed by atoms with Gasteiger partial charge in [0.2, 0.25) is 5.91 Å². The number of pyridine rings is 1. The van der Waals surface area contributed by atoms with Gasteiger partial charge in [-0.2, -0.15) is 5.26 Å². The highest BCUT2D eigenvalue weighted by atomic mass is 19.2. The Morgan fingerprint density at radius 3 is 2.59 bits per heavy atom. The molecule has 5 nitrogen and oxygen atoms in total. The van der Waals surface area contributed by atoms with E-state index in [9.17, 15) is 13.6 Å². The highest BCUT2D eigenvalue weighted by Gasteiger charge is 2.26. The lowest BCUT2D eigenvalue weighted by Gasteiger charge is -2.32. The Balaban J connectivity index is 1.54. The molecule has 1 amide bonds. The number of nitrogens with one attached hydrogen (secondary N) is 1. The first kappa shape index (κ1) is 18.8. The van der Waals surface area contributed by atoms with E-state index in [-0.39, 0.29) is 11.8 Å². The van der Waals surface area contributed by atoms with Gasteiger partial charge in [0.05, 0.1) is 11.6 Å². The zero-order valence-electron chi connectivity index (χ0n) is 15.0. The Kier molecular flexibility index (Phi) is 5.65. The number of hydrogen-bond acceptors (Lipinski definition) is 4. The van der Waals surface area contributed by atoms with E-state index in [0.717, 1.165) is 18.0 Å². The summed E-state index contributed by atoms with van der Waals surface area (Å²) >= 11 is 0. The number of anilines is 1. The van der Waals surface area contributed by atoms with Crippen LogP contribution in [0.2, 0.25) is 0 Å². The summed E-state index contributed by atoms with van der Waals surface area (Å²) in [6, 6.07) is 8.83. The number of rotatable bonds is 4. The number of nitrogens with zero attached hydrogens (tertiary/aromatic N) is 3. The lowest BCUT2D eigenvalue weighted by Crippen LogP contribution is -2.41. The maximum absolute atomic E-state index is 13.4. The summed E-state index contributed by atoms with van der Waals surface area (Å²) < 4.78 is 26.4. The number of nitriles is 1. The van der Waals surface area contributed by atoms with Crippen LogP contribution in [0.4, 0.5) is 14.6 Å². The standard InChI is InChI=1S/C20H20F2N4O/c1-13(16-3-4-17(21)18(22)10-16)25-20(27)15-6-8-26(9-7-15)19-5-2-14(11-23)12-24-19/h2-5,10,12-13,15H,6-9H2,1H3,(H,25,27)/t13-/m1/s1. The molecule has 1 aromatic heterocycles. The lowest BCUT2D eigenvalue weighted by atomic mass is 9.95. The molecule has 1 aliphatic heterocycles. The average molecular weight is 370 g/mol. The fraction of sp³-hybridized carbons (Fsp3) is 0.350. The van der Waals surface area contributed by atoms with Crippen LogP contribution in [0.3, 0.4) is 0 Å². The summed E-state index contributed by atoms with van der Waals surface area (Å²) in [6.45, 7) is 3.13. The van der Waals surface area contributed by atoms with Crippen LogP contribution in [-0.4, -0.2) is 24.0 Å². The fourth-order valence-corrected chi connectivity index (χ4v) is 3.21. The van der Waals surface area contributed by atoms with Crippen molar-refractivity contribution in [1.82, 2.24) is 10.3 Å². The molecule has 1 aromatic carbocycles. The molecule has 1 fully saturated rings. The summed E-state index contributed by atoms with van der Waals surface area (Å²) in [5.41, 5.74) is 1.04. The first-order valence-electron chi connectivity index (χ1n) is 8.84. The van der Waals surface area contributed by atoms with E-state index in [4.69, 9.17) is 5.26 Å². The third-order valence-electron chi connectivity index (χ3n) is 4.87. The van der Waals surface area contributed by atoms with Crippen LogP contribution in [0.25, 0.3) is 0 Å². The molecule has 0 aliphatic carbocycles. The number of amides is 1. The molecule has 2 heterocycles. The van der Waals surface area contributed by atoms with E-state index in [0.29, 0.717) is 37.1 Å². The maximum Gasteiger partial charge on any atom is 0.223 e. The van der Waals surface area contributed by atoms with Crippen LogP contribution < -0.4 is 10.2 Å². The van der Waals surface area contributed by atoms with Gasteiger partial charge in [0.15, 0.2) is 11.6 Å². The maximum atomic E-state index is 13.4. The predicted molar refractivity (Wildman–Crippen MR) is 96.8 cm³/mol. The fourth-order valence-electron chi connectivity index (χ4n) is 3.21. The van der Waals surface area contributed by atoms with Crippen LogP contribution >= 0.6 is 0 Å². The second-order valence-electron chi connectivity index (χ2n) is 6.68. The molecule has 1 aliphatic rings. The van der Waals surface area contributed by atoms with Gasteiger partial charge in [0.1, 0.15) is 11.9 Å². The Labute approximate surface area is 156 Å². The molecule has 1 N–H and O–H groups in total. The van der Waals surface area contributed by atoms with Crippen molar-refractivity contribution >= 4 is 11.7 Å². The van der Waals surface area contributed by atoms with Crippen LogP contribution in [0, 0.1) is 28.9 Å². The van der Waals surface area contributed by atoms with Gasteiger partial charge in [0.25, 0.3) is 0 Å². The van der Waals surface area contributed by atoms with Crippen molar-refractivity contribution in [3.63, 3.8) is 0 Å². The summed E-state index contributed by atoms with van der Waals surface area (Å²) in [7, 11) is 0. The third kappa shape index (κ3) is 4.40. The van der Waals surface area contributed by atoms with E-state index >= 15 is 0 Å². The van der Waals surface area contributed by atoms with Crippen LogP contribution in [-0.2, 0) is 4.79 Å². The summed E-state index contributed by atoms with van der Waals surface area (Å²) in [4.78, 5) is 18.9. The zero-order valence-corrected chi connectivity index (χ0v) is 15.0. The second-order valence-corrected chi connectivity index (χ2v) is 6.68. The number of halogens is 2. The molecule has 0 radical (unpaired) electrons. The van der Waals surface area contributed by atoms with Crippen molar-refractivity contribution < 1.29 is 13.6 Å². The van der Waals surface area contributed by atoms with Crippen LogP contribution in [0.15, 0.2) is 36.5 Å². The molecule has 7 heteroatoms. The van der Waals surface area contributed by atoms with Gasteiger partial charge in [-0.25, -0.2) is 13.8 Å². The number of carbonyl (C=O) groups excluding carboxylic acids is 1. The normalized spacial score (nSPS) is 15.9. The second kappa shape index (κ2) is 8.12. The van der Waals surface area contributed by atoms with E-state index in [2.05, 4.69) is 15.2 Å². The number of hydrogen-bond donors (Lipinski definition) is 1. The molecule has 0 saturated carbocycles. The van der Waals surface area contributed by atoms with Gasteiger partial charge in [-0.3, -0.25) is 4.79 Å². The van der Waals surface area contributed by atoms with Crippen molar-refractivity contribution in [3.8, 4) is 6.07 Å². The van der Waals surface area contributed by atoms with E-state index < -0.39 is 17.7 Å². The molecular formula is C20H20F2N4O. The Hall–Kier alpha value is -3.01. The summed E-state index contributed by atoms with van der Waals surface area (Å²) in [6.07, 6.45) is 2.90. The zero-order chi connectivity index (χ0) is 19.4. The average Bonchev–Trinajstić information content (AvgIpc) is 2.70. The topological polar surface area (TPSA) is 69.0 Å². The van der Waals surface area contributed by atoms with Gasteiger partial charge in [-0.1, -0.05) is 6.07 Å². The van der Waals surface area contributed by atoms with Gasteiger partial charge < -0.3 is 10.2 Å². The number of piperidine rings is 1. The summed E-state index contributed by atoms with van der Waals surface area (Å²) in [5, 5.41) is 11.7.